The molecule has 0 saturated carbocycles. The maximum absolute atomic E-state index is 11.9. The molecule has 0 amide bonds. The molecule has 0 spiro atoms. The van der Waals surface area contributed by atoms with Gasteiger partial charge in [-0.05, 0) is 24.0 Å². The number of hydrogen-bond acceptors (Lipinski definition) is 1. The predicted octanol–water partition coefficient (Wildman–Crippen LogP) is 2.22. The summed E-state index contributed by atoms with van der Waals surface area (Å²) in [7, 11) is 0. The zero-order valence-electron chi connectivity index (χ0n) is 7.87. The Morgan fingerprint density at radius 2 is 1.79 bits per heavy atom. The van der Waals surface area contributed by atoms with Crippen molar-refractivity contribution in [2.75, 3.05) is 6.67 Å². The molecule has 76 valence electrons. The topological polar surface area (TPSA) is 37.3 Å². The monoisotopic (exact) mass is 196 g/mol. The zero-order valence-corrected chi connectivity index (χ0v) is 7.87. The van der Waals surface area contributed by atoms with Gasteiger partial charge in [-0.3, -0.25) is 9.18 Å². The lowest BCUT2D eigenvalue weighted by Crippen LogP contribution is -1.99. The van der Waals surface area contributed by atoms with E-state index in [-0.39, 0.29) is 13.1 Å². The first-order valence-corrected chi connectivity index (χ1v) is 4.58. The van der Waals surface area contributed by atoms with Gasteiger partial charge < -0.3 is 5.11 Å². The fourth-order valence-corrected chi connectivity index (χ4v) is 1.27. The van der Waals surface area contributed by atoms with E-state index in [1.165, 1.54) is 0 Å². The largest absolute Gasteiger partial charge is 0.481 e. The number of aliphatic carboxylic acids is 1. The van der Waals surface area contributed by atoms with E-state index in [4.69, 9.17) is 5.11 Å². The van der Waals surface area contributed by atoms with Crippen LogP contribution in [0, 0.1) is 0 Å². The molecule has 0 unspecified atom stereocenters. The third-order valence-corrected chi connectivity index (χ3v) is 1.98. The van der Waals surface area contributed by atoms with Crippen LogP contribution in [-0.4, -0.2) is 17.8 Å². The van der Waals surface area contributed by atoms with Crippen LogP contribution in [0.15, 0.2) is 24.3 Å². The second kappa shape index (κ2) is 5.37. The van der Waals surface area contributed by atoms with E-state index < -0.39 is 5.97 Å². The van der Waals surface area contributed by atoms with E-state index in [0.717, 1.165) is 11.1 Å². The molecular formula is C11H13FO2. The molecule has 0 fully saturated rings. The number of carboxylic acids is 1. The molecule has 0 radical (unpaired) electrons. The van der Waals surface area contributed by atoms with Gasteiger partial charge in [-0.25, -0.2) is 0 Å². The van der Waals surface area contributed by atoms with Crippen molar-refractivity contribution in [3.63, 3.8) is 0 Å². The summed E-state index contributed by atoms with van der Waals surface area (Å²) in [4.78, 5) is 10.4. The molecule has 0 aliphatic heterocycles. The lowest BCUT2D eigenvalue weighted by molar-refractivity contribution is -0.136. The van der Waals surface area contributed by atoms with E-state index in [1.54, 1.807) is 12.1 Å². The Balaban J connectivity index is 2.54. The zero-order chi connectivity index (χ0) is 10.4. The van der Waals surface area contributed by atoms with Crippen LogP contribution in [-0.2, 0) is 17.6 Å². The molecule has 0 saturated heterocycles. The van der Waals surface area contributed by atoms with Gasteiger partial charge in [0.2, 0.25) is 0 Å². The smallest absolute Gasteiger partial charge is 0.307 e. The van der Waals surface area contributed by atoms with Gasteiger partial charge in [0.1, 0.15) is 0 Å². The maximum atomic E-state index is 11.9. The third-order valence-electron chi connectivity index (χ3n) is 1.98. The van der Waals surface area contributed by atoms with Crippen molar-refractivity contribution in [3.8, 4) is 0 Å². The third kappa shape index (κ3) is 3.56. The Bertz CT molecular complexity index is 293. The summed E-state index contributed by atoms with van der Waals surface area (Å²) in [5, 5.41) is 8.53. The van der Waals surface area contributed by atoms with Gasteiger partial charge in [0.05, 0.1) is 13.1 Å². The summed E-state index contributed by atoms with van der Waals surface area (Å²) in [5.41, 5.74) is 1.83. The number of benzene rings is 1. The Hall–Kier alpha value is -1.38. The molecule has 1 aromatic carbocycles. The summed E-state index contributed by atoms with van der Waals surface area (Å²) in [6.07, 6.45) is 1.28. The van der Waals surface area contributed by atoms with Gasteiger partial charge in [0.15, 0.2) is 0 Å². The van der Waals surface area contributed by atoms with E-state index in [9.17, 15) is 9.18 Å². The van der Waals surface area contributed by atoms with Gasteiger partial charge in [-0.1, -0.05) is 24.3 Å². The highest BCUT2D eigenvalue weighted by Crippen LogP contribution is 2.07. The Morgan fingerprint density at radius 3 is 2.29 bits per heavy atom. The normalized spacial score (nSPS) is 10.1. The Morgan fingerprint density at radius 1 is 1.21 bits per heavy atom. The van der Waals surface area contributed by atoms with Crippen molar-refractivity contribution < 1.29 is 14.3 Å². The fraction of sp³-hybridized carbons (Fsp3) is 0.364. The predicted molar refractivity (Wildman–Crippen MR) is 52.1 cm³/mol. The molecule has 1 rings (SSSR count). The summed E-state index contributed by atoms with van der Waals surface area (Å²) < 4.78 is 11.9. The lowest BCUT2D eigenvalue weighted by Gasteiger charge is -2.00. The van der Waals surface area contributed by atoms with Crippen molar-refractivity contribution in [1.29, 1.82) is 0 Å². The molecule has 0 aliphatic carbocycles. The van der Waals surface area contributed by atoms with E-state index in [1.807, 2.05) is 12.1 Å². The van der Waals surface area contributed by atoms with Crippen molar-refractivity contribution in [1.82, 2.24) is 0 Å². The minimum Gasteiger partial charge on any atom is -0.481 e. The van der Waals surface area contributed by atoms with Crippen molar-refractivity contribution in [2.45, 2.75) is 19.3 Å². The number of aryl methyl sites for hydroxylation is 1. The first-order chi connectivity index (χ1) is 6.72. The lowest BCUT2D eigenvalue weighted by atomic mass is 10.1. The van der Waals surface area contributed by atoms with Gasteiger partial charge in [-0.2, -0.15) is 0 Å². The quantitative estimate of drug-likeness (QED) is 0.784. The molecule has 0 bridgehead atoms. The standard InChI is InChI=1S/C11H13FO2/c12-7-1-2-9-3-5-10(6-4-9)8-11(13)14/h3-6H,1-2,7-8H2,(H,13,14). The van der Waals surface area contributed by atoms with Crippen LogP contribution in [0.3, 0.4) is 0 Å². The van der Waals surface area contributed by atoms with Crippen LogP contribution in [0.5, 0.6) is 0 Å². The van der Waals surface area contributed by atoms with E-state index >= 15 is 0 Å². The molecule has 0 heterocycles. The molecule has 2 nitrogen and oxygen atoms in total. The first kappa shape index (κ1) is 10.7. The average molecular weight is 196 g/mol. The van der Waals surface area contributed by atoms with E-state index in [2.05, 4.69) is 0 Å². The molecule has 0 atom stereocenters. The number of carbonyl (C=O) groups is 1. The minimum absolute atomic E-state index is 0.0450. The number of alkyl halides is 1. The molecule has 1 aromatic rings. The number of halogens is 1. The van der Waals surface area contributed by atoms with Crippen LogP contribution in [0.2, 0.25) is 0 Å². The highest BCUT2D eigenvalue weighted by molar-refractivity contribution is 5.70. The molecule has 0 aliphatic rings. The highest BCUT2D eigenvalue weighted by atomic mass is 19.1. The molecule has 14 heavy (non-hydrogen) atoms. The van der Waals surface area contributed by atoms with Crippen molar-refractivity contribution in [2.24, 2.45) is 0 Å². The summed E-state index contributed by atoms with van der Waals surface area (Å²) in [5.74, 6) is -0.832. The second-order valence-corrected chi connectivity index (χ2v) is 3.18. The summed E-state index contributed by atoms with van der Waals surface area (Å²) in [6, 6.07) is 7.27. The van der Waals surface area contributed by atoms with Crippen LogP contribution in [0.4, 0.5) is 4.39 Å². The molecule has 3 heteroatoms. The fourth-order valence-electron chi connectivity index (χ4n) is 1.27. The van der Waals surface area contributed by atoms with Crippen LogP contribution in [0.1, 0.15) is 17.5 Å². The molecular weight excluding hydrogens is 183 g/mol. The van der Waals surface area contributed by atoms with Crippen LogP contribution >= 0.6 is 0 Å². The van der Waals surface area contributed by atoms with Crippen molar-refractivity contribution in [3.05, 3.63) is 35.4 Å². The highest BCUT2D eigenvalue weighted by Gasteiger charge is 1.99. The first-order valence-electron chi connectivity index (χ1n) is 4.58. The van der Waals surface area contributed by atoms with Gasteiger partial charge >= 0.3 is 5.97 Å². The van der Waals surface area contributed by atoms with E-state index in [0.29, 0.717) is 12.8 Å². The number of carboxylic acid groups (broad SMARTS) is 1. The van der Waals surface area contributed by atoms with Gasteiger partial charge in [0, 0.05) is 0 Å². The SMILES string of the molecule is O=C(O)Cc1ccc(CCCF)cc1. The number of rotatable bonds is 5. The maximum Gasteiger partial charge on any atom is 0.307 e. The van der Waals surface area contributed by atoms with Gasteiger partial charge in [0.25, 0.3) is 0 Å². The molecule has 1 N–H and O–H groups in total. The summed E-state index contributed by atoms with van der Waals surface area (Å²) >= 11 is 0. The van der Waals surface area contributed by atoms with Crippen LogP contribution in [0.25, 0.3) is 0 Å². The van der Waals surface area contributed by atoms with Crippen molar-refractivity contribution >= 4 is 5.97 Å². The van der Waals surface area contributed by atoms with Gasteiger partial charge in [-0.15, -0.1) is 0 Å². The van der Waals surface area contributed by atoms with Crippen LogP contribution < -0.4 is 0 Å². The summed E-state index contributed by atoms with van der Waals surface area (Å²) in [6.45, 7) is -0.309. The Labute approximate surface area is 82.4 Å². The second-order valence-electron chi connectivity index (χ2n) is 3.18. The molecule has 0 aromatic heterocycles. The minimum atomic E-state index is -0.832. The number of hydrogen-bond donors (Lipinski definition) is 1. The average Bonchev–Trinajstić information content (AvgIpc) is 2.16. The Kier molecular flexibility index (Phi) is 4.11.